The van der Waals surface area contributed by atoms with Crippen molar-refractivity contribution >= 4 is 34.6 Å². The van der Waals surface area contributed by atoms with E-state index in [9.17, 15) is 9.59 Å². The highest BCUT2D eigenvalue weighted by molar-refractivity contribution is 7.10. The van der Waals surface area contributed by atoms with Gasteiger partial charge in [0.15, 0.2) is 5.78 Å². The van der Waals surface area contributed by atoms with Gasteiger partial charge in [0.2, 0.25) is 5.91 Å². The highest BCUT2D eigenvalue weighted by Crippen LogP contribution is 2.43. The topological polar surface area (TPSA) is 46.2 Å². The number of Topliss-reactive ketones (excluding diaryl/α,β-unsaturated/α-hetero) is 1. The number of benzene rings is 1. The van der Waals surface area contributed by atoms with E-state index in [-0.39, 0.29) is 23.5 Å². The fourth-order valence-corrected chi connectivity index (χ4v) is 4.72. The van der Waals surface area contributed by atoms with Crippen LogP contribution in [0.5, 0.6) is 0 Å². The van der Waals surface area contributed by atoms with Crippen LogP contribution >= 0.6 is 22.9 Å². The van der Waals surface area contributed by atoms with Gasteiger partial charge in [-0.1, -0.05) is 29.8 Å². The third kappa shape index (κ3) is 2.80. The molecule has 0 spiro atoms. The van der Waals surface area contributed by atoms with Gasteiger partial charge >= 0.3 is 0 Å². The Morgan fingerprint density at radius 1 is 1.08 bits per heavy atom. The van der Waals surface area contributed by atoms with E-state index in [4.69, 9.17) is 11.6 Å². The molecule has 0 radical (unpaired) electrons. The molecule has 2 unspecified atom stereocenters. The van der Waals surface area contributed by atoms with Crippen LogP contribution in [0.4, 0.5) is 0 Å². The summed E-state index contributed by atoms with van der Waals surface area (Å²) in [6.07, 6.45) is 1.52. The van der Waals surface area contributed by atoms with Crippen molar-refractivity contribution < 1.29 is 9.59 Å². The van der Waals surface area contributed by atoms with Gasteiger partial charge in [0.05, 0.1) is 0 Å². The molecule has 1 aliphatic heterocycles. The van der Waals surface area contributed by atoms with Crippen molar-refractivity contribution in [3.05, 3.63) is 68.5 Å². The Bertz CT molecular complexity index is 841. The molecule has 2 aromatic rings. The van der Waals surface area contributed by atoms with Gasteiger partial charge in [-0.05, 0) is 35.6 Å². The van der Waals surface area contributed by atoms with Gasteiger partial charge in [-0.25, -0.2) is 0 Å². The molecule has 1 N–H and O–H groups in total. The van der Waals surface area contributed by atoms with Gasteiger partial charge in [-0.2, -0.15) is 0 Å². The summed E-state index contributed by atoms with van der Waals surface area (Å²) >= 11 is 7.77. The second-order valence-electron chi connectivity index (χ2n) is 6.30. The third-order valence-electron chi connectivity index (χ3n) is 4.73. The standard InChI is InChI=1S/C19H16ClNO2S/c20-13-4-1-3-11(7-13)14-10-18(23)21-15-8-12(9-16(22)19(14)15)17-5-2-6-24-17/h1-7,12,14H,8-10H2,(H,21,23). The van der Waals surface area contributed by atoms with Crippen LogP contribution in [0, 0.1) is 0 Å². The highest BCUT2D eigenvalue weighted by Gasteiger charge is 2.38. The van der Waals surface area contributed by atoms with Crippen LogP contribution in [-0.2, 0) is 9.59 Å². The van der Waals surface area contributed by atoms with E-state index in [1.807, 2.05) is 29.6 Å². The first kappa shape index (κ1) is 15.6. The summed E-state index contributed by atoms with van der Waals surface area (Å²) in [5, 5.41) is 5.60. The maximum atomic E-state index is 12.9. The molecule has 5 heteroatoms. The lowest BCUT2D eigenvalue weighted by atomic mass is 9.75. The summed E-state index contributed by atoms with van der Waals surface area (Å²) in [6.45, 7) is 0. The molecule has 1 amide bonds. The summed E-state index contributed by atoms with van der Waals surface area (Å²) < 4.78 is 0. The first-order chi connectivity index (χ1) is 11.6. The van der Waals surface area contributed by atoms with Crippen LogP contribution in [0.15, 0.2) is 53.0 Å². The number of amides is 1. The Hall–Kier alpha value is -1.91. The number of carbonyl (C=O) groups excluding carboxylic acids is 2. The zero-order valence-electron chi connectivity index (χ0n) is 12.9. The number of rotatable bonds is 2. The van der Waals surface area contributed by atoms with Crippen molar-refractivity contribution in [1.82, 2.24) is 5.32 Å². The van der Waals surface area contributed by atoms with E-state index in [2.05, 4.69) is 11.4 Å². The number of halogens is 1. The smallest absolute Gasteiger partial charge is 0.225 e. The molecule has 24 heavy (non-hydrogen) atoms. The first-order valence-corrected chi connectivity index (χ1v) is 9.22. The summed E-state index contributed by atoms with van der Waals surface area (Å²) in [6, 6.07) is 11.5. The number of carbonyl (C=O) groups is 2. The number of hydrogen-bond donors (Lipinski definition) is 1. The van der Waals surface area contributed by atoms with Gasteiger partial charge in [0.25, 0.3) is 0 Å². The predicted octanol–water partition coefficient (Wildman–Crippen LogP) is 4.41. The third-order valence-corrected chi connectivity index (χ3v) is 6.00. The van der Waals surface area contributed by atoms with E-state index in [1.165, 1.54) is 4.88 Å². The van der Waals surface area contributed by atoms with Gasteiger partial charge in [-0.3, -0.25) is 9.59 Å². The second kappa shape index (κ2) is 6.19. The summed E-state index contributed by atoms with van der Waals surface area (Å²) in [5.41, 5.74) is 2.50. The molecule has 0 saturated carbocycles. The van der Waals surface area contributed by atoms with E-state index >= 15 is 0 Å². The Morgan fingerprint density at radius 3 is 2.71 bits per heavy atom. The Morgan fingerprint density at radius 2 is 1.96 bits per heavy atom. The number of ketones is 1. The monoisotopic (exact) mass is 357 g/mol. The largest absolute Gasteiger partial charge is 0.329 e. The number of nitrogens with one attached hydrogen (secondary N) is 1. The Kier molecular flexibility index (Phi) is 4.02. The molecular formula is C19H16ClNO2S. The van der Waals surface area contributed by atoms with Crippen LogP contribution in [0.2, 0.25) is 5.02 Å². The molecular weight excluding hydrogens is 342 g/mol. The van der Waals surface area contributed by atoms with Gasteiger partial charge in [0.1, 0.15) is 0 Å². The van der Waals surface area contributed by atoms with Crippen molar-refractivity contribution in [1.29, 1.82) is 0 Å². The molecule has 1 aliphatic carbocycles. The van der Waals surface area contributed by atoms with E-state index < -0.39 is 0 Å². The molecule has 0 bridgehead atoms. The lowest BCUT2D eigenvalue weighted by Crippen LogP contribution is -2.38. The molecule has 3 nitrogen and oxygen atoms in total. The van der Waals surface area contributed by atoms with Crippen LogP contribution < -0.4 is 5.32 Å². The predicted molar refractivity (Wildman–Crippen MR) is 95.3 cm³/mol. The number of thiophene rings is 1. The van der Waals surface area contributed by atoms with Crippen molar-refractivity contribution in [2.75, 3.05) is 0 Å². The van der Waals surface area contributed by atoms with Gasteiger partial charge in [-0.15, -0.1) is 11.3 Å². The van der Waals surface area contributed by atoms with Crippen molar-refractivity contribution in [2.45, 2.75) is 31.1 Å². The van der Waals surface area contributed by atoms with Crippen molar-refractivity contribution in [3.63, 3.8) is 0 Å². The minimum Gasteiger partial charge on any atom is -0.329 e. The van der Waals surface area contributed by atoms with Crippen molar-refractivity contribution in [3.8, 4) is 0 Å². The minimum atomic E-state index is -0.191. The van der Waals surface area contributed by atoms with Crippen LogP contribution in [0.3, 0.4) is 0 Å². The molecule has 0 fully saturated rings. The zero-order chi connectivity index (χ0) is 16.7. The molecule has 4 rings (SSSR count). The fraction of sp³-hybridized carbons (Fsp3) is 0.263. The Balaban J connectivity index is 1.74. The molecule has 1 aromatic heterocycles. The van der Waals surface area contributed by atoms with E-state index in [0.717, 1.165) is 16.8 Å². The second-order valence-corrected chi connectivity index (χ2v) is 7.71. The molecule has 122 valence electrons. The average molecular weight is 358 g/mol. The lowest BCUT2D eigenvalue weighted by Gasteiger charge is -2.34. The average Bonchev–Trinajstić information content (AvgIpc) is 3.08. The normalized spacial score (nSPS) is 23.9. The summed E-state index contributed by atoms with van der Waals surface area (Å²) in [4.78, 5) is 26.3. The fourth-order valence-electron chi connectivity index (χ4n) is 3.69. The molecule has 2 heterocycles. The molecule has 0 saturated heterocycles. The van der Waals surface area contributed by atoms with Crippen molar-refractivity contribution in [2.24, 2.45) is 0 Å². The molecule has 2 atom stereocenters. The maximum absolute atomic E-state index is 12.9. The first-order valence-electron chi connectivity index (χ1n) is 7.97. The number of hydrogen-bond acceptors (Lipinski definition) is 3. The summed E-state index contributed by atoms with van der Waals surface area (Å²) in [7, 11) is 0. The van der Waals surface area contributed by atoms with Crippen LogP contribution in [-0.4, -0.2) is 11.7 Å². The van der Waals surface area contributed by atoms with E-state index in [1.54, 1.807) is 17.4 Å². The van der Waals surface area contributed by atoms with E-state index in [0.29, 0.717) is 24.3 Å². The number of allylic oxidation sites excluding steroid dienone is 2. The quantitative estimate of drug-likeness (QED) is 0.865. The zero-order valence-corrected chi connectivity index (χ0v) is 14.5. The van der Waals surface area contributed by atoms with Gasteiger partial charge < -0.3 is 5.32 Å². The molecule has 2 aliphatic rings. The van der Waals surface area contributed by atoms with Crippen LogP contribution in [0.25, 0.3) is 0 Å². The van der Waals surface area contributed by atoms with Gasteiger partial charge in [0, 0.05) is 45.8 Å². The lowest BCUT2D eigenvalue weighted by molar-refractivity contribution is -0.122. The molecule has 1 aromatic carbocycles. The SMILES string of the molecule is O=C1CC(c2cccc(Cl)c2)C2=C(CC(c3cccs3)CC2=O)N1. The summed E-state index contributed by atoms with van der Waals surface area (Å²) in [5.74, 6) is 0.0804. The highest BCUT2D eigenvalue weighted by atomic mass is 35.5. The Labute approximate surface area is 149 Å². The maximum Gasteiger partial charge on any atom is 0.225 e. The van der Waals surface area contributed by atoms with Crippen LogP contribution in [0.1, 0.15) is 41.5 Å². The minimum absolute atomic E-state index is 0.0293.